The van der Waals surface area contributed by atoms with Crippen molar-refractivity contribution in [2.24, 2.45) is 0 Å². The van der Waals surface area contributed by atoms with Crippen molar-refractivity contribution in [1.82, 2.24) is 0 Å². The molecule has 1 aromatic rings. The predicted octanol–water partition coefficient (Wildman–Crippen LogP) is 2.31. The van der Waals surface area contributed by atoms with Crippen LogP contribution >= 0.6 is 0 Å². The van der Waals surface area contributed by atoms with Gasteiger partial charge in [0, 0.05) is 6.07 Å². The molecule has 3 heteroatoms. The Hall–Kier alpha value is -1.25. The molecule has 0 heterocycles. The van der Waals surface area contributed by atoms with Crippen LogP contribution in [-0.4, -0.2) is 12.0 Å². The minimum atomic E-state index is -0.873. The van der Waals surface area contributed by atoms with Crippen LogP contribution in [0.1, 0.15) is 11.1 Å². The van der Waals surface area contributed by atoms with E-state index in [1.54, 1.807) is 13.0 Å². The predicted molar refractivity (Wildman–Crippen MR) is 44.2 cm³/mol. The monoisotopic (exact) mass is 170 g/mol. The second-order valence-corrected chi connectivity index (χ2v) is 2.64. The number of aryl methyl sites for hydroxylation is 1. The maximum absolute atomic E-state index is 11.7. The number of rotatable bonds is 2. The van der Waals surface area contributed by atoms with Crippen LogP contribution in [-0.2, 0) is 0 Å². The summed E-state index contributed by atoms with van der Waals surface area (Å²) in [6, 6.07) is 3.09. The van der Waals surface area contributed by atoms with E-state index in [-0.39, 0.29) is 5.75 Å². The smallest absolute Gasteiger partial charge is 0.228 e. The molecule has 0 fully saturated rings. The molecule has 0 saturated heterocycles. The lowest BCUT2D eigenvalue weighted by Gasteiger charge is -2.06. The zero-order chi connectivity index (χ0) is 9.14. The number of hydrogen-bond acceptors (Lipinski definition) is 2. The molecule has 66 valence electrons. The largest absolute Gasteiger partial charge is 0.508 e. The van der Waals surface area contributed by atoms with Gasteiger partial charge in [-0.05, 0) is 31.0 Å². The van der Waals surface area contributed by atoms with Crippen molar-refractivity contribution in [3.8, 4) is 11.5 Å². The van der Waals surface area contributed by atoms with Gasteiger partial charge in [-0.2, -0.15) is 0 Å². The second kappa shape index (κ2) is 3.43. The molecular weight excluding hydrogens is 159 g/mol. The van der Waals surface area contributed by atoms with Crippen molar-refractivity contribution < 1.29 is 14.2 Å². The van der Waals surface area contributed by atoms with Gasteiger partial charge < -0.3 is 9.84 Å². The Kier molecular flexibility index (Phi) is 2.53. The van der Waals surface area contributed by atoms with Gasteiger partial charge in [0.05, 0.1) is 0 Å². The molecule has 0 bridgehead atoms. The van der Waals surface area contributed by atoms with E-state index in [0.717, 1.165) is 11.1 Å². The van der Waals surface area contributed by atoms with E-state index in [2.05, 4.69) is 4.74 Å². The first-order valence-corrected chi connectivity index (χ1v) is 3.64. The molecule has 1 aromatic carbocycles. The lowest BCUT2D eigenvalue weighted by Crippen LogP contribution is -1.91. The SMILES string of the molecule is Cc1cc(OCF)cc(O)c1C. The summed E-state index contributed by atoms with van der Waals surface area (Å²) in [6.07, 6.45) is 0. The van der Waals surface area contributed by atoms with Crippen LogP contribution in [0.15, 0.2) is 12.1 Å². The van der Waals surface area contributed by atoms with E-state index >= 15 is 0 Å². The molecule has 0 aliphatic heterocycles. The highest BCUT2D eigenvalue weighted by Crippen LogP contribution is 2.26. The van der Waals surface area contributed by atoms with Crippen LogP contribution in [0.2, 0.25) is 0 Å². The van der Waals surface area contributed by atoms with Gasteiger partial charge in [0.15, 0.2) is 0 Å². The highest BCUT2D eigenvalue weighted by molar-refractivity contribution is 5.44. The van der Waals surface area contributed by atoms with E-state index in [1.165, 1.54) is 6.07 Å². The summed E-state index contributed by atoms with van der Waals surface area (Å²) in [5, 5.41) is 9.31. The van der Waals surface area contributed by atoms with Crippen molar-refractivity contribution in [3.63, 3.8) is 0 Å². The highest BCUT2D eigenvalue weighted by Gasteiger charge is 2.02. The lowest BCUT2D eigenvalue weighted by molar-refractivity contribution is 0.191. The van der Waals surface area contributed by atoms with Crippen LogP contribution in [0.25, 0.3) is 0 Å². The number of benzene rings is 1. The second-order valence-electron chi connectivity index (χ2n) is 2.64. The van der Waals surface area contributed by atoms with Crippen molar-refractivity contribution >= 4 is 0 Å². The zero-order valence-electron chi connectivity index (χ0n) is 7.10. The minimum Gasteiger partial charge on any atom is -0.508 e. The zero-order valence-corrected chi connectivity index (χ0v) is 7.10. The lowest BCUT2D eigenvalue weighted by atomic mass is 10.1. The van der Waals surface area contributed by atoms with Crippen molar-refractivity contribution in [3.05, 3.63) is 23.3 Å². The van der Waals surface area contributed by atoms with Crippen LogP contribution < -0.4 is 4.74 Å². The molecule has 0 amide bonds. The van der Waals surface area contributed by atoms with Gasteiger partial charge in [0.25, 0.3) is 0 Å². The molecule has 0 aliphatic rings. The van der Waals surface area contributed by atoms with E-state index in [9.17, 15) is 9.50 Å². The first-order chi connectivity index (χ1) is 5.65. The molecule has 1 N–H and O–H groups in total. The van der Waals surface area contributed by atoms with Crippen LogP contribution in [0, 0.1) is 13.8 Å². The normalized spacial score (nSPS) is 9.92. The van der Waals surface area contributed by atoms with Crippen molar-refractivity contribution in [1.29, 1.82) is 0 Å². The summed E-state index contributed by atoms with van der Waals surface area (Å²) >= 11 is 0. The van der Waals surface area contributed by atoms with Crippen molar-refractivity contribution in [2.45, 2.75) is 13.8 Å². The number of phenols is 1. The quantitative estimate of drug-likeness (QED) is 0.738. The molecule has 0 aromatic heterocycles. The minimum absolute atomic E-state index is 0.137. The maximum Gasteiger partial charge on any atom is 0.228 e. The number of phenolic OH excluding ortho intramolecular Hbond substituents is 1. The van der Waals surface area contributed by atoms with Crippen molar-refractivity contribution in [2.75, 3.05) is 6.86 Å². The Morgan fingerprint density at radius 2 is 2.08 bits per heavy atom. The molecule has 0 spiro atoms. The fourth-order valence-electron chi connectivity index (χ4n) is 0.955. The highest BCUT2D eigenvalue weighted by atomic mass is 19.1. The summed E-state index contributed by atoms with van der Waals surface area (Å²) in [5.74, 6) is 0.497. The van der Waals surface area contributed by atoms with Gasteiger partial charge in [-0.3, -0.25) is 0 Å². The summed E-state index contributed by atoms with van der Waals surface area (Å²) in [6.45, 7) is 2.76. The maximum atomic E-state index is 11.7. The Labute approximate surface area is 70.6 Å². The molecule has 2 nitrogen and oxygen atoms in total. The summed E-state index contributed by atoms with van der Waals surface area (Å²) in [7, 11) is 0. The van der Waals surface area contributed by atoms with E-state index in [1.807, 2.05) is 6.92 Å². The number of alkyl halides is 1. The molecule has 0 aliphatic carbocycles. The summed E-state index contributed by atoms with van der Waals surface area (Å²) in [5.41, 5.74) is 1.68. The molecule has 12 heavy (non-hydrogen) atoms. The van der Waals surface area contributed by atoms with E-state index < -0.39 is 6.86 Å². The Morgan fingerprint density at radius 3 is 2.58 bits per heavy atom. The molecular formula is C9H11FO2. The number of ether oxygens (including phenoxy) is 1. The van der Waals surface area contributed by atoms with Gasteiger partial charge in [0.1, 0.15) is 11.5 Å². The third-order valence-electron chi connectivity index (χ3n) is 1.83. The van der Waals surface area contributed by atoms with Gasteiger partial charge >= 0.3 is 0 Å². The van der Waals surface area contributed by atoms with Gasteiger partial charge in [0.2, 0.25) is 6.86 Å². The average molecular weight is 170 g/mol. The fourth-order valence-corrected chi connectivity index (χ4v) is 0.955. The average Bonchev–Trinajstić information content (AvgIpc) is 2.01. The number of hydrogen-bond donors (Lipinski definition) is 1. The van der Waals surface area contributed by atoms with E-state index in [4.69, 9.17) is 0 Å². The third-order valence-corrected chi connectivity index (χ3v) is 1.83. The van der Waals surface area contributed by atoms with Gasteiger partial charge in [-0.1, -0.05) is 0 Å². The number of halogens is 1. The van der Waals surface area contributed by atoms with Crippen LogP contribution in [0.5, 0.6) is 11.5 Å². The molecule has 0 unspecified atom stereocenters. The fraction of sp³-hybridized carbons (Fsp3) is 0.333. The first-order valence-electron chi connectivity index (χ1n) is 3.64. The summed E-state index contributed by atoms with van der Waals surface area (Å²) < 4.78 is 16.3. The third kappa shape index (κ3) is 1.67. The number of aromatic hydroxyl groups is 1. The van der Waals surface area contributed by atoms with Crippen LogP contribution in [0.3, 0.4) is 0 Å². The Morgan fingerprint density at radius 1 is 1.42 bits per heavy atom. The Balaban J connectivity index is 3.04. The standard InChI is InChI=1S/C9H11FO2/c1-6-3-8(12-5-10)4-9(11)7(6)2/h3-4,11H,5H2,1-2H3. The van der Waals surface area contributed by atoms with Gasteiger partial charge in [-0.15, -0.1) is 0 Å². The topological polar surface area (TPSA) is 29.5 Å². The molecule has 0 radical (unpaired) electrons. The van der Waals surface area contributed by atoms with Crippen LogP contribution in [0.4, 0.5) is 4.39 Å². The Bertz CT molecular complexity index is 261. The van der Waals surface area contributed by atoms with Gasteiger partial charge in [-0.25, -0.2) is 4.39 Å². The first kappa shape index (κ1) is 8.84. The molecule has 0 atom stereocenters. The molecule has 0 saturated carbocycles. The summed E-state index contributed by atoms with van der Waals surface area (Å²) in [4.78, 5) is 0. The van der Waals surface area contributed by atoms with E-state index in [0.29, 0.717) is 5.75 Å². The molecule has 1 rings (SSSR count).